The number of nitrogens with zero attached hydrogens (tertiary/aromatic N) is 2. The Labute approximate surface area is 111 Å². The Morgan fingerprint density at radius 3 is 2.89 bits per heavy atom. The van der Waals surface area contributed by atoms with E-state index in [1.807, 2.05) is 26.4 Å². The average Bonchev–Trinajstić information content (AvgIpc) is 2.78. The molecule has 0 aliphatic carbocycles. The van der Waals surface area contributed by atoms with Crippen LogP contribution in [0.3, 0.4) is 0 Å². The number of likely N-dealkylation sites (N-methyl/N-ethyl adjacent to an activating group) is 1. The number of hydrogen-bond acceptors (Lipinski definition) is 2. The maximum Gasteiger partial charge on any atom is 0.142 e. The summed E-state index contributed by atoms with van der Waals surface area (Å²) < 4.78 is 15.1. The third-order valence-electron chi connectivity index (χ3n) is 2.93. The minimum absolute atomic E-state index is 0.0676. The summed E-state index contributed by atoms with van der Waals surface area (Å²) in [7, 11) is 3.73. The third-order valence-corrected chi connectivity index (χ3v) is 3.35. The molecule has 2 aromatic rings. The van der Waals surface area contributed by atoms with Gasteiger partial charge in [0.15, 0.2) is 0 Å². The Morgan fingerprint density at radius 2 is 2.28 bits per heavy atom. The summed E-state index contributed by atoms with van der Waals surface area (Å²) in [5.74, 6) is -0.379. The molecule has 0 fully saturated rings. The molecule has 0 amide bonds. The molecule has 2 rings (SSSR count). The van der Waals surface area contributed by atoms with Gasteiger partial charge >= 0.3 is 0 Å². The van der Waals surface area contributed by atoms with E-state index in [-0.39, 0.29) is 16.9 Å². The normalized spacial score (nSPS) is 12.7. The van der Waals surface area contributed by atoms with Crippen molar-refractivity contribution in [2.75, 3.05) is 7.05 Å². The van der Waals surface area contributed by atoms with Crippen molar-refractivity contribution in [1.29, 1.82) is 0 Å². The molecule has 1 unspecified atom stereocenters. The van der Waals surface area contributed by atoms with E-state index in [0.29, 0.717) is 6.42 Å². The molecule has 0 aliphatic heterocycles. The minimum Gasteiger partial charge on any atom is -0.313 e. The van der Waals surface area contributed by atoms with E-state index in [1.54, 1.807) is 16.9 Å². The van der Waals surface area contributed by atoms with Crippen LogP contribution in [0.25, 0.3) is 0 Å². The molecular formula is C13H15ClFN3. The van der Waals surface area contributed by atoms with E-state index >= 15 is 0 Å². The lowest BCUT2D eigenvalue weighted by Gasteiger charge is -2.15. The molecule has 1 aromatic carbocycles. The van der Waals surface area contributed by atoms with Crippen molar-refractivity contribution in [2.45, 2.75) is 12.5 Å². The van der Waals surface area contributed by atoms with Gasteiger partial charge in [0.05, 0.1) is 11.2 Å². The molecule has 0 saturated heterocycles. The molecule has 0 bridgehead atoms. The fraction of sp³-hybridized carbons (Fsp3) is 0.308. The summed E-state index contributed by atoms with van der Waals surface area (Å²) in [5, 5.41) is 7.53. The summed E-state index contributed by atoms with van der Waals surface area (Å²) in [6, 6.07) is 4.95. The van der Waals surface area contributed by atoms with E-state index in [4.69, 9.17) is 11.6 Å². The zero-order valence-corrected chi connectivity index (χ0v) is 11.1. The predicted octanol–water partition coefficient (Wildman–Crippen LogP) is 2.72. The van der Waals surface area contributed by atoms with Gasteiger partial charge in [-0.2, -0.15) is 5.10 Å². The molecule has 0 radical (unpaired) electrons. The fourth-order valence-electron chi connectivity index (χ4n) is 1.93. The van der Waals surface area contributed by atoms with E-state index in [9.17, 15) is 4.39 Å². The van der Waals surface area contributed by atoms with Crippen LogP contribution in [0.1, 0.15) is 17.2 Å². The molecule has 96 valence electrons. The first-order valence-electron chi connectivity index (χ1n) is 5.70. The molecule has 1 N–H and O–H groups in total. The number of benzene rings is 1. The summed E-state index contributed by atoms with van der Waals surface area (Å²) in [6.07, 6.45) is 4.36. The van der Waals surface area contributed by atoms with Crippen LogP contribution in [0, 0.1) is 5.82 Å². The molecule has 18 heavy (non-hydrogen) atoms. The highest BCUT2D eigenvalue weighted by molar-refractivity contribution is 6.31. The Hall–Kier alpha value is -1.39. The van der Waals surface area contributed by atoms with Crippen molar-refractivity contribution >= 4 is 11.6 Å². The molecule has 3 nitrogen and oxygen atoms in total. The molecule has 1 aromatic heterocycles. The highest BCUT2D eigenvalue weighted by Crippen LogP contribution is 2.25. The van der Waals surface area contributed by atoms with Gasteiger partial charge in [-0.3, -0.25) is 4.68 Å². The molecular weight excluding hydrogens is 253 g/mol. The van der Waals surface area contributed by atoms with Gasteiger partial charge in [0.1, 0.15) is 5.82 Å². The van der Waals surface area contributed by atoms with Crippen molar-refractivity contribution < 1.29 is 4.39 Å². The van der Waals surface area contributed by atoms with Crippen LogP contribution < -0.4 is 5.32 Å². The van der Waals surface area contributed by atoms with Crippen LogP contribution in [-0.4, -0.2) is 16.8 Å². The standard InChI is InChI=1S/C13H15ClFN3/c1-16-12(10-7-17-18(2)8-10)6-9-4-3-5-11(15)13(9)14/h3-5,7-8,12,16H,6H2,1-2H3. The number of nitrogens with one attached hydrogen (secondary N) is 1. The number of aryl methyl sites for hydroxylation is 1. The number of halogens is 2. The van der Waals surface area contributed by atoms with E-state index < -0.39 is 0 Å². The van der Waals surface area contributed by atoms with E-state index in [1.165, 1.54) is 6.07 Å². The number of hydrogen-bond donors (Lipinski definition) is 1. The highest BCUT2D eigenvalue weighted by atomic mass is 35.5. The second-order valence-electron chi connectivity index (χ2n) is 4.21. The van der Waals surface area contributed by atoms with Gasteiger partial charge in [0.2, 0.25) is 0 Å². The lowest BCUT2D eigenvalue weighted by molar-refractivity contribution is 0.584. The first kappa shape index (κ1) is 13.1. The highest BCUT2D eigenvalue weighted by Gasteiger charge is 2.15. The van der Waals surface area contributed by atoms with Crippen molar-refractivity contribution in [2.24, 2.45) is 7.05 Å². The minimum atomic E-state index is -0.379. The summed E-state index contributed by atoms with van der Waals surface area (Å²) in [4.78, 5) is 0. The number of aromatic nitrogens is 2. The molecule has 0 saturated carbocycles. The fourth-order valence-corrected chi connectivity index (χ4v) is 2.14. The Bertz CT molecular complexity index is 539. The zero-order chi connectivity index (χ0) is 13.1. The van der Waals surface area contributed by atoms with Gasteiger partial charge in [-0.1, -0.05) is 23.7 Å². The first-order valence-corrected chi connectivity index (χ1v) is 6.08. The lowest BCUT2D eigenvalue weighted by Crippen LogP contribution is -2.18. The third kappa shape index (κ3) is 2.71. The average molecular weight is 268 g/mol. The second-order valence-corrected chi connectivity index (χ2v) is 4.58. The van der Waals surface area contributed by atoms with E-state index in [0.717, 1.165) is 11.1 Å². The van der Waals surface area contributed by atoms with Crippen molar-refractivity contribution in [3.63, 3.8) is 0 Å². The maximum absolute atomic E-state index is 13.4. The van der Waals surface area contributed by atoms with Crippen LogP contribution in [0.15, 0.2) is 30.6 Å². The lowest BCUT2D eigenvalue weighted by atomic mass is 10.0. The molecule has 0 aliphatic rings. The van der Waals surface area contributed by atoms with Gasteiger partial charge in [-0.05, 0) is 25.1 Å². The summed E-state index contributed by atoms with van der Waals surface area (Å²) in [5.41, 5.74) is 1.85. The van der Waals surface area contributed by atoms with Crippen molar-refractivity contribution in [1.82, 2.24) is 15.1 Å². The van der Waals surface area contributed by atoms with Gasteiger partial charge < -0.3 is 5.32 Å². The van der Waals surface area contributed by atoms with Crippen LogP contribution >= 0.6 is 11.6 Å². The maximum atomic E-state index is 13.4. The quantitative estimate of drug-likeness (QED) is 0.923. The summed E-state index contributed by atoms with van der Waals surface area (Å²) >= 11 is 5.96. The summed E-state index contributed by atoms with van der Waals surface area (Å²) in [6.45, 7) is 0. The Kier molecular flexibility index (Phi) is 3.99. The smallest absolute Gasteiger partial charge is 0.142 e. The first-order chi connectivity index (χ1) is 8.61. The molecule has 1 heterocycles. The Balaban J connectivity index is 2.23. The second kappa shape index (κ2) is 5.50. The van der Waals surface area contributed by atoms with Crippen LogP contribution in [0.2, 0.25) is 5.02 Å². The predicted molar refractivity (Wildman–Crippen MR) is 70.1 cm³/mol. The van der Waals surface area contributed by atoms with Crippen LogP contribution in [-0.2, 0) is 13.5 Å². The van der Waals surface area contributed by atoms with Gasteiger partial charge in [-0.15, -0.1) is 0 Å². The van der Waals surface area contributed by atoms with Gasteiger partial charge in [0, 0.05) is 24.8 Å². The van der Waals surface area contributed by atoms with Gasteiger partial charge in [-0.25, -0.2) is 4.39 Å². The molecule has 1 atom stereocenters. The largest absolute Gasteiger partial charge is 0.313 e. The monoisotopic (exact) mass is 267 g/mol. The van der Waals surface area contributed by atoms with Crippen LogP contribution in [0.5, 0.6) is 0 Å². The van der Waals surface area contributed by atoms with Gasteiger partial charge in [0.25, 0.3) is 0 Å². The van der Waals surface area contributed by atoms with Crippen molar-refractivity contribution in [3.05, 3.63) is 52.6 Å². The number of rotatable bonds is 4. The zero-order valence-electron chi connectivity index (χ0n) is 10.3. The molecule has 5 heteroatoms. The topological polar surface area (TPSA) is 29.9 Å². The van der Waals surface area contributed by atoms with Crippen LogP contribution in [0.4, 0.5) is 4.39 Å². The molecule has 0 spiro atoms. The van der Waals surface area contributed by atoms with Crippen molar-refractivity contribution in [3.8, 4) is 0 Å². The van der Waals surface area contributed by atoms with E-state index in [2.05, 4.69) is 10.4 Å². The Morgan fingerprint density at radius 1 is 1.50 bits per heavy atom. The SMILES string of the molecule is CNC(Cc1cccc(F)c1Cl)c1cnn(C)c1.